The van der Waals surface area contributed by atoms with Crippen molar-refractivity contribution >= 4 is 63.5 Å². The molecule has 1 unspecified atom stereocenters. The number of halogens is 2. The van der Waals surface area contributed by atoms with E-state index in [0.29, 0.717) is 27.7 Å². The molecule has 0 spiro atoms. The molecule has 2 heterocycles. The van der Waals surface area contributed by atoms with Gasteiger partial charge in [0.15, 0.2) is 5.17 Å². The van der Waals surface area contributed by atoms with E-state index in [4.69, 9.17) is 27.9 Å². The highest BCUT2D eigenvalue weighted by Crippen LogP contribution is 2.40. The lowest BCUT2D eigenvalue weighted by Gasteiger charge is -2.40. The van der Waals surface area contributed by atoms with Crippen LogP contribution in [-0.2, 0) is 9.53 Å². The normalized spacial score (nSPS) is 17.8. The first kappa shape index (κ1) is 23.5. The fourth-order valence-corrected chi connectivity index (χ4v) is 5.19. The molecule has 1 fully saturated rings. The van der Waals surface area contributed by atoms with Crippen LogP contribution in [0.15, 0.2) is 58.7 Å². The summed E-state index contributed by atoms with van der Waals surface area (Å²) in [5, 5.41) is 7.01. The van der Waals surface area contributed by atoms with Gasteiger partial charge in [0, 0.05) is 18.0 Å². The van der Waals surface area contributed by atoms with Gasteiger partial charge >= 0.3 is 12.0 Å². The molecule has 2 N–H and O–H groups in total. The lowest BCUT2D eigenvalue weighted by molar-refractivity contribution is -0.136. The van der Waals surface area contributed by atoms with Crippen LogP contribution in [0.1, 0.15) is 24.9 Å². The predicted octanol–water partition coefficient (Wildman–Crippen LogP) is 5.93. The van der Waals surface area contributed by atoms with Gasteiger partial charge in [-0.05, 0) is 43.2 Å². The number of esters is 1. The number of nitrogens with one attached hydrogen (secondary N) is 2. The highest BCUT2D eigenvalue weighted by atomic mass is 35.5. The van der Waals surface area contributed by atoms with E-state index >= 15 is 0 Å². The number of thioether (sulfide) groups is 1. The number of fused-ring (bicyclic) bond motifs is 1. The van der Waals surface area contributed by atoms with E-state index < -0.39 is 12.0 Å². The molecule has 0 bridgehead atoms. The number of benzene rings is 2. The van der Waals surface area contributed by atoms with E-state index in [-0.39, 0.29) is 11.1 Å². The number of ether oxygens (including phenoxy) is 1. The molecule has 33 heavy (non-hydrogen) atoms. The Morgan fingerprint density at radius 3 is 2.64 bits per heavy atom. The van der Waals surface area contributed by atoms with Crippen molar-refractivity contribution in [1.82, 2.24) is 4.90 Å². The first-order valence-corrected chi connectivity index (χ1v) is 12.0. The lowest BCUT2D eigenvalue weighted by atomic mass is 9.94. The maximum atomic E-state index is 12.6. The minimum atomic E-state index is -0.447. The van der Waals surface area contributed by atoms with Crippen molar-refractivity contribution in [1.29, 1.82) is 0 Å². The van der Waals surface area contributed by atoms with E-state index in [1.807, 2.05) is 19.1 Å². The van der Waals surface area contributed by atoms with Crippen LogP contribution in [0.2, 0.25) is 10.0 Å². The van der Waals surface area contributed by atoms with Crippen LogP contribution >= 0.6 is 35.0 Å². The summed E-state index contributed by atoms with van der Waals surface area (Å²) < 4.78 is 5.06. The third-order valence-corrected chi connectivity index (χ3v) is 7.24. The van der Waals surface area contributed by atoms with Crippen molar-refractivity contribution < 1.29 is 14.3 Å². The Hall–Kier alpha value is -2.68. The molecule has 10 heteroatoms. The summed E-state index contributed by atoms with van der Waals surface area (Å²) in [5.41, 5.74) is 3.10. The molecule has 2 amide bonds. The number of carbonyl (C=O) groups is 2. The Balaban J connectivity index is 1.55. The van der Waals surface area contributed by atoms with E-state index in [1.54, 1.807) is 42.1 Å². The molecule has 4 rings (SSSR count). The molecule has 0 aromatic heterocycles. The average Bonchev–Trinajstić information content (AvgIpc) is 2.81. The molecule has 1 saturated heterocycles. The van der Waals surface area contributed by atoms with Gasteiger partial charge in [0.25, 0.3) is 0 Å². The van der Waals surface area contributed by atoms with E-state index in [0.717, 1.165) is 29.4 Å². The van der Waals surface area contributed by atoms with Crippen LogP contribution in [0.5, 0.6) is 0 Å². The van der Waals surface area contributed by atoms with Crippen molar-refractivity contribution in [2.45, 2.75) is 19.4 Å². The Kier molecular flexibility index (Phi) is 7.17. The zero-order valence-electron chi connectivity index (χ0n) is 18.0. The summed E-state index contributed by atoms with van der Waals surface area (Å²) in [6.45, 7) is 2.63. The summed E-state index contributed by atoms with van der Waals surface area (Å²) in [5.74, 6) is 0.605. The van der Waals surface area contributed by atoms with Crippen molar-refractivity contribution in [3.8, 4) is 0 Å². The molecule has 172 valence electrons. The maximum Gasteiger partial charge on any atom is 0.338 e. The number of amides is 2. The number of hydrogen-bond donors (Lipinski definition) is 2. The maximum absolute atomic E-state index is 12.6. The topological polar surface area (TPSA) is 83.0 Å². The van der Waals surface area contributed by atoms with Crippen molar-refractivity contribution in [3.05, 3.63) is 69.3 Å². The molecule has 7 nitrogen and oxygen atoms in total. The molecular formula is C23H22Cl2N4O3S. The Labute approximate surface area is 206 Å². The first-order chi connectivity index (χ1) is 15.9. The molecule has 0 aliphatic carbocycles. The minimum Gasteiger partial charge on any atom is -0.466 e. The summed E-state index contributed by atoms with van der Waals surface area (Å²) in [6.07, 6.45) is 1.000. The third-order valence-electron chi connectivity index (χ3n) is 5.35. The van der Waals surface area contributed by atoms with Gasteiger partial charge < -0.3 is 20.3 Å². The van der Waals surface area contributed by atoms with E-state index in [1.165, 1.54) is 7.11 Å². The number of amidine groups is 1. The smallest absolute Gasteiger partial charge is 0.338 e. The zero-order valence-corrected chi connectivity index (χ0v) is 20.4. The molecule has 0 saturated carbocycles. The summed E-state index contributed by atoms with van der Waals surface area (Å²) in [6, 6.07) is 11.6. The zero-order chi connectivity index (χ0) is 23.5. The van der Waals surface area contributed by atoms with Gasteiger partial charge in [-0.2, -0.15) is 0 Å². The van der Waals surface area contributed by atoms with Gasteiger partial charge in [0.1, 0.15) is 0 Å². The summed E-state index contributed by atoms with van der Waals surface area (Å²) in [7, 11) is 1.38. The van der Waals surface area contributed by atoms with Crippen molar-refractivity contribution in [3.63, 3.8) is 0 Å². The standard InChI is InChI=1S/C23H22Cl2N4O3S/c1-13-18(21(30)32-2)20(29-11-4-12-33-23(29)26-13)14-7-9-15(10-8-14)27-22(31)28-17-6-3-5-16(24)19(17)25/h3,5-10,20H,4,11-12H2,1-2H3,(H2,27,28,31). The second-order valence-corrected chi connectivity index (χ2v) is 9.33. The number of allylic oxidation sites excluding steroid dienone is 1. The van der Waals surface area contributed by atoms with Gasteiger partial charge in [0.2, 0.25) is 0 Å². The Morgan fingerprint density at radius 1 is 1.15 bits per heavy atom. The Morgan fingerprint density at radius 2 is 1.91 bits per heavy atom. The fraction of sp³-hybridized carbons (Fsp3) is 0.261. The van der Waals surface area contributed by atoms with Crippen LogP contribution in [0, 0.1) is 0 Å². The van der Waals surface area contributed by atoms with Gasteiger partial charge in [-0.15, -0.1) is 0 Å². The highest BCUT2D eigenvalue weighted by molar-refractivity contribution is 8.13. The average molecular weight is 505 g/mol. The van der Waals surface area contributed by atoms with Crippen LogP contribution in [0.4, 0.5) is 16.2 Å². The third kappa shape index (κ3) is 4.98. The summed E-state index contributed by atoms with van der Waals surface area (Å²) in [4.78, 5) is 31.8. The van der Waals surface area contributed by atoms with Gasteiger partial charge in [-0.25, -0.2) is 14.6 Å². The van der Waals surface area contributed by atoms with Crippen molar-refractivity contribution in [2.75, 3.05) is 30.0 Å². The van der Waals surface area contributed by atoms with Gasteiger partial charge in [-0.3, -0.25) is 0 Å². The van der Waals surface area contributed by atoms with E-state index in [2.05, 4.69) is 20.5 Å². The predicted molar refractivity (Wildman–Crippen MR) is 134 cm³/mol. The number of nitrogens with zero attached hydrogens (tertiary/aromatic N) is 2. The molecule has 1 atom stereocenters. The van der Waals surface area contributed by atoms with Crippen LogP contribution in [0.25, 0.3) is 0 Å². The quantitative estimate of drug-likeness (QED) is 0.503. The monoisotopic (exact) mass is 504 g/mol. The molecular weight excluding hydrogens is 483 g/mol. The fourth-order valence-electron chi connectivity index (χ4n) is 3.82. The second kappa shape index (κ2) is 10.1. The summed E-state index contributed by atoms with van der Waals surface area (Å²) >= 11 is 13.8. The molecule has 2 aliphatic rings. The molecule has 0 radical (unpaired) electrons. The number of carbonyl (C=O) groups excluding carboxylic acids is 2. The molecule has 2 aromatic rings. The van der Waals surface area contributed by atoms with E-state index in [9.17, 15) is 9.59 Å². The Bertz CT molecular complexity index is 1150. The first-order valence-electron chi connectivity index (χ1n) is 10.3. The van der Waals surface area contributed by atoms with Crippen molar-refractivity contribution in [2.24, 2.45) is 4.99 Å². The number of methoxy groups -OCH3 is 1. The van der Waals surface area contributed by atoms with Gasteiger partial charge in [0.05, 0.1) is 40.2 Å². The highest BCUT2D eigenvalue weighted by Gasteiger charge is 2.37. The lowest BCUT2D eigenvalue weighted by Crippen LogP contribution is -2.42. The number of urea groups is 1. The number of rotatable bonds is 4. The van der Waals surface area contributed by atoms with Crippen LogP contribution < -0.4 is 10.6 Å². The van der Waals surface area contributed by atoms with Gasteiger partial charge in [-0.1, -0.05) is 53.2 Å². The second-order valence-electron chi connectivity index (χ2n) is 7.49. The van der Waals surface area contributed by atoms with Crippen LogP contribution in [-0.4, -0.2) is 41.5 Å². The molecule has 2 aromatic carbocycles. The molecule has 2 aliphatic heterocycles. The number of aliphatic imine (C=N–C) groups is 1. The largest absolute Gasteiger partial charge is 0.466 e. The van der Waals surface area contributed by atoms with Crippen LogP contribution in [0.3, 0.4) is 0 Å². The number of hydrogen-bond acceptors (Lipinski definition) is 6. The SMILES string of the molecule is COC(=O)C1=C(C)N=C2SCCCN2C1c1ccc(NC(=O)Nc2cccc(Cl)c2Cl)cc1. The number of anilines is 2. The minimum absolute atomic E-state index is 0.274.